The van der Waals surface area contributed by atoms with Crippen LogP contribution in [-0.2, 0) is 13.6 Å². The van der Waals surface area contributed by atoms with Crippen molar-refractivity contribution in [3.63, 3.8) is 0 Å². The summed E-state index contributed by atoms with van der Waals surface area (Å²) in [7, 11) is 1.66. The fourth-order valence-corrected chi connectivity index (χ4v) is 3.67. The SMILES string of the molecule is CC(C)Cn1ccc2c(NC(=O)c3cn(C)c(=O)c4ccccc34)cccc21. The summed E-state index contributed by atoms with van der Waals surface area (Å²) in [5.41, 5.74) is 2.23. The first-order valence-electron chi connectivity index (χ1n) is 9.43. The van der Waals surface area contributed by atoms with Gasteiger partial charge in [-0.15, -0.1) is 0 Å². The third-order valence-electron chi connectivity index (χ3n) is 4.96. The van der Waals surface area contributed by atoms with Crippen molar-refractivity contribution in [1.29, 1.82) is 0 Å². The Hall–Kier alpha value is -3.34. The number of carbonyl (C=O) groups excluding carboxylic acids is 1. The van der Waals surface area contributed by atoms with E-state index in [9.17, 15) is 9.59 Å². The van der Waals surface area contributed by atoms with E-state index in [4.69, 9.17) is 0 Å². The van der Waals surface area contributed by atoms with Gasteiger partial charge in [0.2, 0.25) is 0 Å². The molecule has 2 aromatic carbocycles. The zero-order chi connectivity index (χ0) is 19.8. The lowest BCUT2D eigenvalue weighted by Crippen LogP contribution is -2.21. The minimum atomic E-state index is -0.226. The highest BCUT2D eigenvalue weighted by atomic mass is 16.2. The van der Waals surface area contributed by atoms with Crippen LogP contribution in [0.3, 0.4) is 0 Å². The molecule has 0 spiro atoms. The summed E-state index contributed by atoms with van der Waals surface area (Å²) in [4.78, 5) is 25.4. The van der Waals surface area contributed by atoms with Crippen molar-refractivity contribution in [2.75, 3.05) is 5.32 Å². The van der Waals surface area contributed by atoms with Crippen LogP contribution in [0.5, 0.6) is 0 Å². The van der Waals surface area contributed by atoms with Crippen LogP contribution in [0.4, 0.5) is 5.69 Å². The van der Waals surface area contributed by atoms with Gasteiger partial charge >= 0.3 is 0 Å². The van der Waals surface area contributed by atoms with Crippen molar-refractivity contribution < 1.29 is 4.79 Å². The second kappa shape index (κ2) is 7.00. The standard InChI is InChI=1S/C23H23N3O2/c1-15(2)13-26-12-11-18-20(9-6-10-21(18)26)24-22(27)19-14-25(3)23(28)17-8-5-4-7-16(17)19/h4-12,14-15H,13H2,1-3H3,(H,24,27). The summed E-state index contributed by atoms with van der Waals surface area (Å²) in [5.74, 6) is 0.307. The second-order valence-corrected chi connectivity index (χ2v) is 7.56. The van der Waals surface area contributed by atoms with E-state index >= 15 is 0 Å². The van der Waals surface area contributed by atoms with E-state index in [0.29, 0.717) is 22.3 Å². The molecule has 142 valence electrons. The van der Waals surface area contributed by atoms with Crippen LogP contribution in [-0.4, -0.2) is 15.0 Å². The van der Waals surface area contributed by atoms with E-state index in [1.165, 1.54) is 4.57 Å². The third kappa shape index (κ3) is 3.09. The zero-order valence-electron chi connectivity index (χ0n) is 16.3. The maximum Gasteiger partial charge on any atom is 0.258 e. The largest absolute Gasteiger partial charge is 0.347 e. The Labute approximate surface area is 163 Å². The van der Waals surface area contributed by atoms with E-state index < -0.39 is 0 Å². The molecule has 0 saturated heterocycles. The van der Waals surface area contributed by atoms with Crippen molar-refractivity contribution in [2.45, 2.75) is 20.4 Å². The molecule has 0 aliphatic carbocycles. The zero-order valence-corrected chi connectivity index (χ0v) is 16.3. The third-order valence-corrected chi connectivity index (χ3v) is 4.96. The molecule has 1 amide bonds. The fraction of sp³-hybridized carbons (Fsp3) is 0.217. The van der Waals surface area contributed by atoms with E-state index in [0.717, 1.165) is 23.1 Å². The lowest BCUT2D eigenvalue weighted by Gasteiger charge is -2.12. The molecule has 0 unspecified atom stereocenters. The second-order valence-electron chi connectivity index (χ2n) is 7.56. The normalized spacial score (nSPS) is 11.4. The predicted molar refractivity (Wildman–Crippen MR) is 114 cm³/mol. The van der Waals surface area contributed by atoms with Crippen LogP contribution in [0, 0.1) is 5.92 Å². The first kappa shape index (κ1) is 18.0. The number of nitrogens with zero attached hydrogens (tertiary/aromatic N) is 2. The van der Waals surface area contributed by atoms with Gasteiger partial charge in [-0.25, -0.2) is 0 Å². The number of anilines is 1. The minimum Gasteiger partial charge on any atom is -0.347 e. The first-order valence-corrected chi connectivity index (χ1v) is 9.43. The summed E-state index contributed by atoms with van der Waals surface area (Å²) in [5, 5.41) is 5.24. The number of fused-ring (bicyclic) bond motifs is 2. The monoisotopic (exact) mass is 373 g/mol. The number of rotatable bonds is 4. The van der Waals surface area contributed by atoms with Gasteiger partial charge in [-0.1, -0.05) is 38.1 Å². The lowest BCUT2D eigenvalue weighted by molar-refractivity contribution is 0.102. The average molecular weight is 373 g/mol. The van der Waals surface area contributed by atoms with Crippen LogP contribution >= 0.6 is 0 Å². The lowest BCUT2D eigenvalue weighted by atomic mass is 10.1. The Kier molecular flexibility index (Phi) is 4.51. The van der Waals surface area contributed by atoms with Gasteiger partial charge < -0.3 is 14.5 Å². The van der Waals surface area contributed by atoms with Crippen LogP contribution in [0.15, 0.2) is 65.7 Å². The molecule has 0 fully saturated rings. The highest BCUT2D eigenvalue weighted by molar-refractivity contribution is 6.14. The van der Waals surface area contributed by atoms with Gasteiger partial charge in [-0.05, 0) is 30.2 Å². The quantitative estimate of drug-likeness (QED) is 0.576. The van der Waals surface area contributed by atoms with Crippen molar-refractivity contribution >= 4 is 33.3 Å². The van der Waals surface area contributed by atoms with Gasteiger partial charge in [0.05, 0.1) is 16.8 Å². The Morgan fingerprint density at radius 1 is 1.00 bits per heavy atom. The number of pyridine rings is 1. The molecular formula is C23H23N3O2. The molecule has 28 heavy (non-hydrogen) atoms. The summed E-state index contributed by atoms with van der Waals surface area (Å²) >= 11 is 0. The van der Waals surface area contributed by atoms with E-state index in [-0.39, 0.29) is 11.5 Å². The molecule has 4 rings (SSSR count). The van der Waals surface area contributed by atoms with Gasteiger partial charge in [0, 0.05) is 42.1 Å². The summed E-state index contributed by atoms with van der Waals surface area (Å²) in [6.45, 7) is 5.29. The number of nitrogens with one attached hydrogen (secondary N) is 1. The maximum atomic E-state index is 13.1. The van der Waals surface area contributed by atoms with Crippen molar-refractivity contribution in [3.8, 4) is 0 Å². The van der Waals surface area contributed by atoms with Gasteiger partial charge in [0.15, 0.2) is 0 Å². The Morgan fingerprint density at radius 2 is 1.75 bits per heavy atom. The fourth-order valence-electron chi connectivity index (χ4n) is 3.67. The molecule has 0 atom stereocenters. The average Bonchev–Trinajstić information content (AvgIpc) is 3.08. The predicted octanol–water partition coefficient (Wildman–Crippen LogP) is 4.40. The molecule has 1 N–H and O–H groups in total. The van der Waals surface area contributed by atoms with E-state index in [1.54, 1.807) is 19.3 Å². The maximum absolute atomic E-state index is 13.1. The van der Waals surface area contributed by atoms with E-state index in [2.05, 4.69) is 36.0 Å². The molecule has 5 heteroatoms. The van der Waals surface area contributed by atoms with Gasteiger partial charge in [0.25, 0.3) is 11.5 Å². The van der Waals surface area contributed by atoms with E-state index in [1.807, 2.05) is 36.4 Å². The number of hydrogen-bond donors (Lipinski definition) is 1. The molecule has 4 aromatic rings. The minimum absolute atomic E-state index is 0.111. The summed E-state index contributed by atoms with van der Waals surface area (Å²) < 4.78 is 3.66. The highest BCUT2D eigenvalue weighted by Gasteiger charge is 2.15. The molecule has 0 saturated carbocycles. The van der Waals surface area contributed by atoms with Gasteiger partial charge in [-0.3, -0.25) is 9.59 Å². The van der Waals surface area contributed by atoms with Crippen molar-refractivity contribution in [3.05, 3.63) is 76.8 Å². The van der Waals surface area contributed by atoms with Crippen molar-refractivity contribution in [1.82, 2.24) is 9.13 Å². The number of carbonyl (C=O) groups is 1. The number of aryl methyl sites for hydroxylation is 1. The number of amides is 1. The Bertz CT molecular complexity index is 1250. The van der Waals surface area contributed by atoms with Crippen LogP contribution < -0.4 is 10.9 Å². The summed E-state index contributed by atoms with van der Waals surface area (Å²) in [6, 6.07) is 15.2. The molecule has 5 nitrogen and oxygen atoms in total. The number of hydrogen-bond acceptors (Lipinski definition) is 2. The van der Waals surface area contributed by atoms with Gasteiger partial charge in [0.1, 0.15) is 0 Å². The molecule has 0 aliphatic rings. The summed E-state index contributed by atoms with van der Waals surface area (Å²) in [6.07, 6.45) is 3.66. The molecule has 0 radical (unpaired) electrons. The Morgan fingerprint density at radius 3 is 2.50 bits per heavy atom. The molecule has 0 aliphatic heterocycles. The number of benzene rings is 2. The molecular weight excluding hydrogens is 350 g/mol. The Balaban J connectivity index is 1.76. The highest BCUT2D eigenvalue weighted by Crippen LogP contribution is 2.26. The van der Waals surface area contributed by atoms with Crippen LogP contribution in [0.1, 0.15) is 24.2 Å². The molecule has 0 bridgehead atoms. The van der Waals surface area contributed by atoms with Crippen molar-refractivity contribution in [2.24, 2.45) is 13.0 Å². The smallest absolute Gasteiger partial charge is 0.258 e. The van der Waals surface area contributed by atoms with Gasteiger partial charge in [-0.2, -0.15) is 0 Å². The molecule has 2 aromatic heterocycles. The number of aromatic nitrogens is 2. The topological polar surface area (TPSA) is 56.0 Å². The van der Waals surface area contributed by atoms with Crippen LogP contribution in [0.25, 0.3) is 21.7 Å². The molecule has 2 heterocycles. The first-order chi connectivity index (χ1) is 13.5. The van der Waals surface area contributed by atoms with Crippen LogP contribution in [0.2, 0.25) is 0 Å².